The van der Waals surface area contributed by atoms with Gasteiger partial charge in [-0.15, -0.1) is 11.8 Å². The maximum absolute atomic E-state index is 13.9. The Morgan fingerprint density at radius 2 is 1.84 bits per heavy atom. The lowest BCUT2D eigenvalue weighted by molar-refractivity contribution is -0.143. The van der Waals surface area contributed by atoms with Gasteiger partial charge in [0.2, 0.25) is 0 Å². The number of hydrogen-bond acceptors (Lipinski definition) is 7. The highest BCUT2D eigenvalue weighted by Gasteiger charge is 2.33. The number of carbonyl (C=O) groups excluding carboxylic acids is 1. The fraction of sp³-hybridized carbons (Fsp3) is 0.367. The van der Waals surface area contributed by atoms with Gasteiger partial charge in [-0.05, 0) is 93.8 Å². The second-order valence-electron chi connectivity index (χ2n) is 10.0. The lowest BCUT2D eigenvalue weighted by Crippen LogP contribution is -2.40. The number of ether oxygens (including phenoxy) is 1. The molecule has 1 aromatic heterocycles. The number of thiazole rings is 1. The monoisotopic (exact) mass is 547 g/mol. The second-order valence-corrected chi connectivity index (χ2v) is 11.9. The molecule has 0 radical (unpaired) electrons. The Morgan fingerprint density at radius 1 is 1.13 bits per heavy atom. The number of aromatic nitrogens is 1. The number of esters is 1. The SMILES string of the molecule is CSc1ccc([C@@H]2C(C(=O)OC(C)C)=C(C)N=c3s/c(=C\c4ccc(N5CCCC5)c(C)c4)c(=O)n32)cc1. The number of hydrogen-bond donors (Lipinski definition) is 0. The van der Waals surface area contributed by atoms with Crippen LogP contribution in [-0.4, -0.2) is 36.0 Å². The second kappa shape index (κ2) is 10.9. The van der Waals surface area contributed by atoms with Gasteiger partial charge in [-0.1, -0.05) is 29.5 Å². The van der Waals surface area contributed by atoms with Gasteiger partial charge in [-0.25, -0.2) is 9.79 Å². The number of aryl methyl sites for hydroxylation is 1. The van der Waals surface area contributed by atoms with E-state index in [-0.39, 0.29) is 11.7 Å². The largest absolute Gasteiger partial charge is 0.459 e. The van der Waals surface area contributed by atoms with Crippen molar-refractivity contribution in [2.75, 3.05) is 24.2 Å². The third-order valence-electron chi connectivity index (χ3n) is 6.98. The molecule has 1 atom stereocenters. The molecule has 8 heteroatoms. The van der Waals surface area contributed by atoms with Crippen molar-refractivity contribution in [2.45, 2.75) is 57.6 Å². The molecule has 1 fully saturated rings. The van der Waals surface area contributed by atoms with Crippen LogP contribution in [0.25, 0.3) is 6.08 Å². The first-order chi connectivity index (χ1) is 18.3. The Hall–Kier alpha value is -3.10. The predicted molar refractivity (Wildman–Crippen MR) is 156 cm³/mol. The smallest absolute Gasteiger partial charge is 0.338 e. The highest BCUT2D eigenvalue weighted by Crippen LogP contribution is 2.32. The van der Waals surface area contributed by atoms with Crippen molar-refractivity contribution < 1.29 is 9.53 Å². The average Bonchev–Trinajstić information content (AvgIpc) is 3.51. The summed E-state index contributed by atoms with van der Waals surface area (Å²) in [5.74, 6) is -0.442. The van der Waals surface area contributed by atoms with E-state index in [0.717, 1.165) is 29.1 Å². The number of rotatable bonds is 6. The van der Waals surface area contributed by atoms with Gasteiger partial charge in [0.25, 0.3) is 5.56 Å². The summed E-state index contributed by atoms with van der Waals surface area (Å²) in [6.07, 6.45) is 6.14. The number of allylic oxidation sites excluding steroid dienone is 1. The first-order valence-electron chi connectivity index (χ1n) is 13.0. The Labute approximate surface area is 231 Å². The fourth-order valence-corrected chi connectivity index (χ4v) is 6.65. The zero-order valence-corrected chi connectivity index (χ0v) is 24.1. The molecule has 2 aliphatic heterocycles. The summed E-state index contributed by atoms with van der Waals surface area (Å²) in [5.41, 5.74) is 5.12. The van der Waals surface area contributed by atoms with E-state index in [1.54, 1.807) is 16.3 Å². The molecule has 0 unspecified atom stereocenters. The first-order valence-corrected chi connectivity index (χ1v) is 15.0. The number of thioether (sulfide) groups is 1. The summed E-state index contributed by atoms with van der Waals surface area (Å²) < 4.78 is 7.84. The van der Waals surface area contributed by atoms with Gasteiger partial charge in [-0.2, -0.15) is 0 Å². The van der Waals surface area contributed by atoms with Gasteiger partial charge >= 0.3 is 5.97 Å². The van der Waals surface area contributed by atoms with Gasteiger partial charge in [0.1, 0.15) is 0 Å². The van der Waals surface area contributed by atoms with Crippen molar-refractivity contribution >= 4 is 40.8 Å². The van der Waals surface area contributed by atoms with Crippen LogP contribution < -0.4 is 19.8 Å². The lowest BCUT2D eigenvalue weighted by Gasteiger charge is -2.25. The van der Waals surface area contributed by atoms with Crippen molar-refractivity contribution in [3.8, 4) is 0 Å². The standard InChI is InChI=1S/C30H33N3O3S2/c1-18(2)36-29(35)26-20(4)31-30-33(27(26)22-9-11-23(37-5)12-10-22)28(34)25(38-30)17-21-8-13-24(19(3)16-21)32-14-6-7-15-32/h8-13,16-18,27H,6-7,14-15H2,1-5H3/b25-17-/t27-/m1/s1. The minimum atomic E-state index is -0.602. The number of nitrogens with zero attached hydrogens (tertiary/aromatic N) is 3. The van der Waals surface area contributed by atoms with Crippen LogP contribution >= 0.6 is 23.1 Å². The molecule has 198 valence electrons. The quantitative estimate of drug-likeness (QED) is 0.327. The molecular weight excluding hydrogens is 514 g/mol. The van der Waals surface area contributed by atoms with E-state index in [1.165, 1.54) is 35.4 Å². The van der Waals surface area contributed by atoms with E-state index >= 15 is 0 Å². The summed E-state index contributed by atoms with van der Waals surface area (Å²) in [4.78, 5) is 36.0. The Balaban J connectivity index is 1.62. The van der Waals surface area contributed by atoms with Gasteiger partial charge in [0, 0.05) is 23.7 Å². The molecule has 38 heavy (non-hydrogen) atoms. The summed E-state index contributed by atoms with van der Waals surface area (Å²) in [6.45, 7) is 9.78. The minimum absolute atomic E-state index is 0.156. The molecule has 0 amide bonds. The zero-order chi connectivity index (χ0) is 27.0. The molecule has 2 aliphatic rings. The number of anilines is 1. The fourth-order valence-electron chi connectivity index (χ4n) is 5.19. The van der Waals surface area contributed by atoms with Gasteiger partial charge in [-0.3, -0.25) is 9.36 Å². The van der Waals surface area contributed by atoms with Gasteiger partial charge < -0.3 is 9.64 Å². The van der Waals surface area contributed by atoms with Crippen LogP contribution in [0.2, 0.25) is 0 Å². The molecule has 0 N–H and O–H groups in total. The van der Waals surface area contributed by atoms with Crippen LogP contribution in [0, 0.1) is 6.92 Å². The predicted octanol–water partition coefficient (Wildman–Crippen LogP) is 4.82. The van der Waals surface area contributed by atoms with E-state index < -0.39 is 12.0 Å². The van der Waals surface area contributed by atoms with Crippen molar-refractivity contribution in [1.29, 1.82) is 0 Å². The van der Waals surface area contributed by atoms with Crippen molar-refractivity contribution in [2.24, 2.45) is 4.99 Å². The molecule has 3 aromatic rings. The van der Waals surface area contributed by atoms with Crippen LogP contribution in [-0.2, 0) is 9.53 Å². The highest BCUT2D eigenvalue weighted by molar-refractivity contribution is 7.98. The van der Waals surface area contributed by atoms with Gasteiger partial charge in [0.15, 0.2) is 4.80 Å². The van der Waals surface area contributed by atoms with Gasteiger partial charge in [0.05, 0.1) is 27.9 Å². The zero-order valence-electron chi connectivity index (χ0n) is 22.5. The molecule has 0 aliphatic carbocycles. The molecule has 1 saturated heterocycles. The van der Waals surface area contributed by atoms with E-state index in [4.69, 9.17) is 9.73 Å². The number of benzene rings is 2. The molecular formula is C30H33N3O3S2. The molecule has 2 aromatic carbocycles. The topological polar surface area (TPSA) is 63.9 Å². The molecule has 5 rings (SSSR count). The number of fused-ring (bicyclic) bond motifs is 1. The number of carbonyl (C=O) groups is 1. The summed E-state index contributed by atoms with van der Waals surface area (Å²) in [5, 5.41) is 0. The Kier molecular flexibility index (Phi) is 7.63. The highest BCUT2D eigenvalue weighted by atomic mass is 32.2. The van der Waals surface area contributed by atoms with E-state index in [0.29, 0.717) is 20.6 Å². The normalized spacial score (nSPS) is 17.7. The molecule has 0 bridgehead atoms. The van der Waals surface area contributed by atoms with Crippen LogP contribution in [0.1, 0.15) is 56.3 Å². The minimum Gasteiger partial charge on any atom is -0.459 e. The molecule has 0 spiro atoms. The third kappa shape index (κ3) is 5.12. The Bertz CT molecular complexity index is 1580. The molecule has 3 heterocycles. The van der Waals surface area contributed by atoms with Crippen molar-refractivity contribution in [3.63, 3.8) is 0 Å². The molecule has 0 saturated carbocycles. The van der Waals surface area contributed by atoms with Crippen molar-refractivity contribution in [1.82, 2.24) is 4.57 Å². The average molecular weight is 548 g/mol. The van der Waals surface area contributed by atoms with Crippen LogP contribution in [0.4, 0.5) is 5.69 Å². The van der Waals surface area contributed by atoms with E-state index in [2.05, 4.69) is 30.0 Å². The summed E-state index contributed by atoms with van der Waals surface area (Å²) in [6, 6.07) is 13.8. The first kappa shape index (κ1) is 26.5. The Morgan fingerprint density at radius 3 is 2.47 bits per heavy atom. The third-order valence-corrected chi connectivity index (χ3v) is 8.71. The van der Waals surface area contributed by atoms with E-state index in [1.807, 2.05) is 57.4 Å². The van der Waals surface area contributed by atoms with Crippen LogP contribution in [0.3, 0.4) is 0 Å². The summed E-state index contributed by atoms with van der Waals surface area (Å²) in [7, 11) is 0. The lowest BCUT2D eigenvalue weighted by atomic mass is 9.96. The summed E-state index contributed by atoms with van der Waals surface area (Å²) >= 11 is 3.00. The van der Waals surface area contributed by atoms with Crippen LogP contribution in [0.15, 0.2) is 68.4 Å². The maximum Gasteiger partial charge on any atom is 0.338 e. The van der Waals surface area contributed by atoms with Crippen LogP contribution in [0.5, 0.6) is 0 Å². The van der Waals surface area contributed by atoms with E-state index in [9.17, 15) is 9.59 Å². The maximum atomic E-state index is 13.9. The van der Waals surface area contributed by atoms with Crippen molar-refractivity contribution in [3.05, 3.63) is 90.1 Å². The molecule has 6 nitrogen and oxygen atoms in total.